The van der Waals surface area contributed by atoms with E-state index in [2.05, 4.69) is 5.32 Å². The topological polar surface area (TPSA) is 94.1 Å². The summed E-state index contributed by atoms with van der Waals surface area (Å²) in [6.45, 7) is 3.79. The Labute approximate surface area is 199 Å². The lowest BCUT2D eigenvalue weighted by molar-refractivity contribution is -0.138. The van der Waals surface area contributed by atoms with Crippen LogP contribution in [0.2, 0.25) is 0 Å². The first-order valence-corrected chi connectivity index (χ1v) is 11.3. The minimum atomic E-state index is -0.610. The van der Waals surface area contributed by atoms with Crippen LogP contribution in [-0.2, 0) is 14.3 Å². The maximum Gasteiger partial charge on any atom is 0.336 e. The third-order valence-corrected chi connectivity index (χ3v) is 6.41. The van der Waals surface area contributed by atoms with E-state index in [4.69, 9.17) is 14.2 Å². The average Bonchev–Trinajstić information content (AvgIpc) is 2.82. The largest absolute Gasteiger partial charge is 0.508 e. The zero-order chi connectivity index (χ0) is 24.4. The summed E-state index contributed by atoms with van der Waals surface area (Å²) in [4.78, 5) is 26.5. The van der Waals surface area contributed by atoms with Gasteiger partial charge in [0.05, 0.1) is 26.4 Å². The number of hydrogen-bond donors (Lipinski definition) is 2. The molecule has 2 aliphatic rings. The summed E-state index contributed by atoms with van der Waals surface area (Å²) in [7, 11) is 3.17. The Kier molecular flexibility index (Phi) is 6.63. The van der Waals surface area contributed by atoms with E-state index in [1.807, 2.05) is 31.2 Å². The van der Waals surface area contributed by atoms with Gasteiger partial charge >= 0.3 is 5.97 Å². The summed E-state index contributed by atoms with van der Waals surface area (Å²) in [5, 5.41) is 13.4. The van der Waals surface area contributed by atoms with Gasteiger partial charge in [-0.05, 0) is 61.6 Å². The molecular formula is C27H29NO6. The van der Waals surface area contributed by atoms with Crippen LogP contribution in [0.3, 0.4) is 0 Å². The van der Waals surface area contributed by atoms with Gasteiger partial charge in [-0.2, -0.15) is 0 Å². The maximum atomic E-state index is 13.6. The van der Waals surface area contributed by atoms with Crippen molar-refractivity contribution in [1.82, 2.24) is 5.32 Å². The van der Waals surface area contributed by atoms with E-state index in [9.17, 15) is 14.7 Å². The summed E-state index contributed by atoms with van der Waals surface area (Å²) in [5.41, 5.74) is 4.03. The molecule has 1 aliphatic heterocycles. The van der Waals surface area contributed by atoms with E-state index in [-0.39, 0.29) is 24.1 Å². The first-order valence-electron chi connectivity index (χ1n) is 11.3. The molecule has 4 rings (SSSR count). The summed E-state index contributed by atoms with van der Waals surface area (Å²) in [6.07, 6.45) is 0.889. The van der Waals surface area contributed by atoms with E-state index in [0.29, 0.717) is 46.7 Å². The number of esters is 1. The minimum absolute atomic E-state index is 0.0452. The Balaban J connectivity index is 1.78. The van der Waals surface area contributed by atoms with Crippen molar-refractivity contribution in [2.45, 2.75) is 38.5 Å². The number of ether oxygens (including phenoxy) is 3. The highest BCUT2D eigenvalue weighted by Crippen LogP contribution is 2.46. The monoisotopic (exact) mass is 463 g/mol. The second kappa shape index (κ2) is 9.63. The van der Waals surface area contributed by atoms with Crippen molar-refractivity contribution in [3.05, 3.63) is 76.1 Å². The number of methoxy groups -OCH3 is 2. The highest BCUT2D eigenvalue weighted by molar-refractivity contribution is 6.04. The molecular weight excluding hydrogens is 434 g/mol. The Bertz CT molecular complexity index is 1200. The lowest BCUT2D eigenvalue weighted by Crippen LogP contribution is -2.36. The van der Waals surface area contributed by atoms with Crippen LogP contribution in [0.4, 0.5) is 0 Å². The molecule has 2 aromatic carbocycles. The summed E-state index contributed by atoms with van der Waals surface area (Å²) < 4.78 is 16.1. The minimum Gasteiger partial charge on any atom is -0.508 e. The highest BCUT2D eigenvalue weighted by Gasteiger charge is 2.41. The maximum absolute atomic E-state index is 13.6. The molecule has 0 amide bonds. The molecule has 2 aromatic rings. The van der Waals surface area contributed by atoms with E-state index in [1.54, 1.807) is 39.3 Å². The fourth-order valence-corrected chi connectivity index (χ4v) is 4.90. The number of rotatable bonds is 6. The molecule has 34 heavy (non-hydrogen) atoms. The molecule has 0 bridgehead atoms. The number of phenolic OH excluding ortho intramolecular Hbond substituents is 1. The fourth-order valence-electron chi connectivity index (χ4n) is 4.90. The van der Waals surface area contributed by atoms with Crippen LogP contribution < -0.4 is 14.8 Å². The summed E-state index contributed by atoms with van der Waals surface area (Å²) >= 11 is 0. The van der Waals surface area contributed by atoms with Crippen molar-refractivity contribution in [2.24, 2.45) is 0 Å². The van der Waals surface area contributed by atoms with Crippen molar-refractivity contribution in [2.75, 3.05) is 20.8 Å². The number of allylic oxidation sites excluding steroid dienone is 3. The molecule has 0 radical (unpaired) electrons. The predicted molar refractivity (Wildman–Crippen MR) is 127 cm³/mol. The summed E-state index contributed by atoms with van der Waals surface area (Å²) in [6, 6.07) is 12.4. The van der Waals surface area contributed by atoms with Gasteiger partial charge in [0.1, 0.15) is 5.75 Å². The first kappa shape index (κ1) is 23.4. The molecule has 7 nitrogen and oxygen atoms in total. The molecule has 0 fully saturated rings. The Morgan fingerprint density at radius 3 is 2.50 bits per heavy atom. The molecule has 7 heteroatoms. The molecule has 0 spiro atoms. The van der Waals surface area contributed by atoms with E-state index < -0.39 is 11.9 Å². The molecule has 1 heterocycles. The molecule has 0 aromatic heterocycles. The van der Waals surface area contributed by atoms with Crippen molar-refractivity contribution in [3.8, 4) is 17.2 Å². The SMILES string of the molecule is CCOC(=O)C1=C(C)NC2=C(C(=O)C[C@@H](c3ccc(OC)c(OC)c3)C2)[C@H]1c1cccc(O)c1. The van der Waals surface area contributed by atoms with Gasteiger partial charge in [0.25, 0.3) is 0 Å². The van der Waals surface area contributed by atoms with Crippen LogP contribution in [0.5, 0.6) is 17.2 Å². The van der Waals surface area contributed by atoms with Crippen molar-refractivity contribution < 1.29 is 28.9 Å². The normalized spacial score (nSPS) is 19.9. The molecule has 2 N–H and O–H groups in total. The summed E-state index contributed by atoms with van der Waals surface area (Å²) in [5.74, 6) is 0.137. The molecule has 0 saturated carbocycles. The number of carbonyl (C=O) groups is 2. The molecule has 0 saturated heterocycles. The van der Waals surface area contributed by atoms with Crippen LogP contribution in [0, 0.1) is 0 Å². The van der Waals surface area contributed by atoms with Crippen LogP contribution >= 0.6 is 0 Å². The molecule has 0 unspecified atom stereocenters. The number of ketones is 1. The third-order valence-electron chi connectivity index (χ3n) is 6.41. The van der Waals surface area contributed by atoms with Gasteiger partial charge in [0, 0.05) is 29.3 Å². The highest BCUT2D eigenvalue weighted by atomic mass is 16.5. The van der Waals surface area contributed by atoms with Crippen molar-refractivity contribution >= 4 is 11.8 Å². The standard InChI is InChI=1S/C27H29NO6/c1-5-34-27(31)24-15(2)28-20-12-18(16-9-10-22(32-3)23(14-16)33-4)13-21(30)26(20)25(24)17-7-6-8-19(29)11-17/h6-11,14,18,25,28-29H,5,12-13H2,1-4H3/t18-,25-/m0/s1. The Morgan fingerprint density at radius 2 is 1.82 bits per heavy atom. The second-order valence-corrected chi connectivity index (χ2v) is 8.45. The number of aromatic hydroxyl groups is 1. The quantitative estimate of drug-likeness (QED) is 0.616. The van der Waals surface area contributed by atoms with Crippen LogP contribution in [0.25, 0.3) is 0 Å². The molecule has 1 aliphatic carbocycles. The third kappa shape index (κ3) is 4.25. The fraction of sp³-hybridized carbons (Fsp3) is 0.333. The smallest absolute Gasteiger partial charge is 0.336 e. The van der Waals surface area contributed by atoms with E-state index >= 15 is 0 Å². The van der Waals surface area contributed by atoms with Gasteiger partial charge in [0.2, 0.25) is 0 Å². The number of hydrogen-bond acceptors (Lipinski definition) is 7. The zero-order valence-corrected chi connectivity index (χ0v) is 19.8. The zero-order valence-electron chi connectivity index (χ0n) is 19.8. The van der Waals surface area contributed by atoms with Gasteiger partial charge in [-0.25, -0.2) is 4.79 Å². The number of carbonyl (C=O) groups excluding carboxylic acids is 2. The van der Waals surface area contributed by atoms with Gasteiger partial charge < -0.3 is 24.6 Å². The van der Waals surface area contributed by atoms with Crippen molar-refractivity contribution in [1.29, 1.82) is 0 Å². The van der Waals surface area contributed by atoms with E-state index in [0.717, 1.165) is 11.3 Å². The number of phenols is 1. The average molecular weight is 464 g/mol. The van der Waals surface area contributed by atoms with Crippen LogP contribution in [0.15, 0.2) is 65.0 Å². The van der Waals surface area contributed by atoms with Gasteiger partial charge in [-0.3, -0.25) is 4.79 Å². The number of benzene rings is 2. The molecule has 2 atom stereocenters. The predicted octanol–water partition coefficient (Wildman–Crippen LogP) is 4.33. The lowest BCUT2D eigenvalue weighted by Gasteiger charge is -2.36. The van der Waals surface area contributed by atoms with Crippen molar-refractivity contribution in [3.63, 3.8) is 0 Å². The van der Waals surface area contributed by atoms with Crippen LogP contribution in [-0.4, -0.2) is 37.7 Å². The van der Waals surface area contributed by atoms with Gasteiger partial charge in [0.15, 0.2) is 17.3 Å². The first-order chi connectivity index (χ1) is 16.4. The second-order valence-electron chi connectivity index (χ2n) is 8.45. The van der Waals surface area contributed by atoms with E-state index in [1.165, 1.54) is 0 Å². The lowest BCUT2D eigenvalue weighted by atomic mass is 9.71. The number of nitrogens with one attached hydrogen (secondary N) is 1. The van der Waals surface area contributed by atoms with Gasteiger partial charge in [-0.15, -0.1) is 0 Å². The number of Topliss-reactive ketones (excluding diaryl/α,β-unsaturated/α-hetero) is 1. The molecule has 178 valence electrons. The Hall–Kier alpha value is -3.74. The van der Waals surface area contributed by atoms with Gasteiger partial charge in [-0.1, -0.05) is 18.2 Å². The Morgan fingerprint density at radius 1 is 1.06 bits per heavy atom. The number of dihydropyridines is 1. The van der Waals surface area contributed by atoms with Crippen LogP contribution in [0.1, 0.15) is 49.7 Å².